The second-order valence-corrected chi connectivity index (χ2v) is 5.80. The van der Waals surface area contributed by atoms with Gasteiger partial charge >= 0.3 is 0 Å². The molecule has 78 valence electrons. The van der Waals surface area contributed by atoms with Gasteiger partial charge in [0.05, 0.1) is 0 Å². The van der Waals surface area contributed by atoms with Crippen molar-refractivity contribution in [2.45, 2.75) is 52.6 Å². The van der Waals surface area contributed by atoms with Gasteiger partial charge in [-0.1, -0.05) is 20.8 Å². The molecule has 0 aromatic rings. The van der Waals surface area contributed by atoms with E-state index in [1.165, 1.54) is 0 Å². The lowest BCUT2D eigenvalue weighted by Gasteiger charge is -2.46. The van der Waals surface area contributed by atoms with E-state index in [4.69, 9.17) is 5.73 Å². The largest absolute Gasteiger partial charge is 0.326 e. The molecule has 1 saturated heterocycles. The first kappa shape index (κ1) is 11.0. The van der Waals surface area contributed by atoms with Gasteiger partial charge in [-0.05, 0) is 25.7 Å². The molecule has 1 unspecified atom stereocenters. The summed E-state index contributed by atoms with van der Waals surface area (Å²) in [5, 5.41) is 0. The molecule has 13 heavy (non-hydrogen) atoms. The third-order valence-electron chi connectivity index (χ3n) is 3.85. The van der Waals surface area contributed by atoms with Crippen molar-refractivity contribution in [1.82, 2.24) is 4.90 Å². The van der Waals surface area contributed by atoms with Crippen LogP contribution in [-0.4, -0.2) is 29.6 Å². The predicted octanol–water partition coefficient (Wildman–Crippen LogP) is 1.84. The van der Waals surface area contributed by atoms with Crippen molar-refractivity contribution in [1.29, 1.82) is 0 Å². The molecule has 2 heteroatoms. The van der Waals surface area contributed by atoms with Gasteiger partial charge in [0.15, 0.2) is 0 Å². The summed E-state index contributed by atoms with van der Waals surface area (Å²) in [6.45, 7) is 13.8. The molecule has 1 atom stereocenters. The van der Waals surface area contributed by atoms with Crippen molar-refractivity contribution in [2.75, 3.05) is 13.1 Å². The molecule has 0 spiro atoms. The van der Waals surface area contributed by atoms with Crippen molar-refractivity contribution in [2.24, 2.45) is 11.1 Å². The van der Waals surface area contributed by atoms with Gasteiger partial charge in [0.25, 0.3) is 0 Å². The maximum atomic E-state index is 5.92. The Balaban J connectivity index is 2.70. The lowest BCUT2D eigenvalue weighted by molar-refractivity contribution is 0.0407. The van der Waals surface area contributed by atoms with Crippen molar-refractivity contribution < 1.29 is 0 Å². The molecule has 1 rings (SSSR count). The third kappa shape index (κ3) is 2.05. The quantitative estimate of drug-likeness (QED) is 0.674. The highest BCUT2D eigenvalue weighted by Gasteiger charge is 2.40. The summed E-state index contributed by atoms with van der Waals surface area (Å²) >= 11 is 0. The average Bonchev–Trinajstić information content (AvgIpc) is 2.33. The molecule has 0 saturated carbocycles. The van der Waals surface area contributed by atoms with E-state index in [9.17, 15) is 0 Å². The summed E-state index contributed by atoms with van der Waals surface area (Å²) in [6, 6.07) is 0.390. The lowest BCUT2D eigenvalue weighted by Crippen LogP contribution is -2.52. The number of nitrogens with two attached hydrogens (primary N) is 1. The van der Waals surface area contributed by atoms with E-state index in [-0.39, 0.29) is 5.54 Å². The monoisotopic (exact) mass is 184 g/mol. The van der Waals surface area contributed by atoms with E-state index >= 15 is 0 Å². The molecule has 0 amide bonds. The van der Waals surface area contributed by atoms with Crippen LogP contribution in [-0.2, 0) is 0 Å². The molecule has 0 aliphatic carbocycles. The molecular formula is C11H24N2. The Morgan fingerprint density at radius 1 is 1.15 bits per heavy atom. The van der Waals surface area contributed by atoms with Crippen LogP contribution in [0, 0.1) is 5.41 Å². The molecule has 0 radical (unpaired) electrons. The standard InChI is InChI=1S/C11H24N2/c1-10(2,3)11(4,5)13-7-6-9(12)8-13/h9H,6-8,12H2,1-5H3. The fraction of sp³-hybridized carbons (Fsp3) is 1.00. The fourth-order valence-corrected chi connectivity index (χ4v) is 1.77. The van der Waals surface area contributed by atoms with Crippen molar-refractivity contribution >= 4 is 0 Å². The second kappa shape index (κ2) is 3.25. The Morgan fingerprint density at radius 2 is 1.69 bits per heavy atom. The molecule has 2 N–H and O–H groups in total. The van der Waals surface area contributed by atoms with E-state index in [2.05, 4.69) is 39.5 Å². The molecule has 0 bridgehead atoms. The minimum atomic E-state index is 0.251. The van der Waals surface area contributed by atoms with E-state index in [0.29, 0.717) is 11.5 Å². The van der Waals surface area contributed by atoms with Crippen LogP contribution in [0.3, 0.4) is 0 Å². The van der Waals surface area contributed by atoms with Crippen molar-refractivity contribution in [3.05, 3.63) is 0 Å². The molecule has 0 aromatic heterocycles. The smallest absolute Gasteiger partial charge is 0.0202 e. The molecule has 2 nitrogen and oxygen atoms in total. The van der Waals surface area contributed by atoms with Gasteiger partial charge in [-0.15, -0.1) is 0 Å². The van der Waals surface area contributed by atoms with E-state index < -0.39 is 0 Å². The van der Waals surface area contributed by atoms with Crippen molar-refractivity contribution in [3.8, 4) is 0 Å². The summed E-state index contributed by atoms with van der Waals surface area (Å²) in [4.78, 5) is 2.53. The van der Waals surface area contributed by atoms with Crippen LogP contribution < -0.4 is 5.73 Å². The topological polar surface area (TPSA) is 29.3 Å². The first-order valence-electron chi connectivity index (χ1n) is 5.26. The highest BCUT2D eigenvalue weighted by molar-refractivity contribution is 4.96. The first-order chi connectivity index (χ1) is 5.75. The number of hydrogen-bond donors (Lipinski definition) is 1. The average molecular weight is 184 g/mol. The number of nitrogens with zero attached hydrogens (tertiary/aromatic N) is 1. The number of rotatable bonds is 1. The normalized spacial score (nSPS) is 26.8. The molecule has 1 aliphatic heterocycles. The Morgan fingerprint density at radius 3 is 2.00 bits per heavy atom. The van der Waals surface area contributed by atoms with E-state index in [1.807, 2.05) is 0 Å². The Labute approximate surface area is 82.5 Å². The fourth-order valence-electron chi connectivity index (χ4n) is 1.77. The van der Waals surface area contributed by atoms with Gasteiger partial charge in [-0.25, -0.2) is 0 Å². The number of likely N-dealkylation sites (tertiary alicyclic amines) is 1. The zero-order chi connectivity index (χ0) is 10.3. The summed E-state index contributed by atoms with van der Waals surface area (Å²) in [6.07, 6.45) is 1.15. The van der Waals surface area contributed by atoms with Crippen molar-refractivity contribution in [3.63, 3.8) is 0 Å². The van der Waals surface area contributed by atoms with Gasteiger partial charge < -0.3 is 5.73 Å². The molecular weight excluding hydrogens is 160 g/mol. The summed E-state index contributed by atoms with van der Waals surface area (Å²) in [5.41, 5.74) is 6.49. The van der Waals surface area contributed by atoms with Crippen LogP contribution in [0.4, 0.5) is 0 Å². The van der Waals surface area contributed by atoms with E-state index in [0.717, 1.165) is 19.5 Å². The first-order valence-corrected chi connectivity index (χ1v) is 5.26. The van der Waals surface area contributed by atoms with Gasteiger partial charge in [0.2, 0.25) is 0 Å². The Kier molecular flexibility index (Phi) is 2.75. The maximum absolute atomic E-state index is 5.92. The van der Waals surface area contributed by atoms with Crippen LogP contribution in [0.1, 0.15) is 41.0 Å². The maximum Gasteiger partial charge on any atom is 0.0202 e. The van der Waals surface area contributed by atoms with Crippen LogP contribution in [0.25, 0.3) is 0 Å². The number of hydrogen-bond acceptors (Lipinski definition) is 2. The predicted molar refractivity (Wildman–Crippen MR) is 57.7 cm³/mol. The lowest BCUT2D eigenvalue weighted by atomic mass is 9.75. The Hall–Kier alpha value is -0.0800. The highest BCUT2D eigenvalue weighted by atomic mass is 15.2. The SMILES string of the molecule is CC(C)(C)C(C)(C)N1CCC(N)C1. The minimum absolute atomic E-state index is 0.251. The molecule has 1 heterocycles. The third-order valence-corrected chi connectivity index (χ3v) is 3.85. The second-order valence-electron chi connectivity index (χ2n) is 5.80. The Bertz CT molecular complexity index is 179. The zero-order valence-corrected chi connectivity index (χ0v) is 9.72. The summed E-state index contributed by atoms with van der Waals surface area (Å²) in [5.74, 6) is 0. The van der Waals surface area contributed by atoms with Gasteiger partial charge in [-0.2, -0.15) is 0 Å². The van der Waals surface area contributed by atoms with E-state index in [1.54, 1.807) is 0 Å². The minimum Gasteiger partial charge on any atom is -0.326 e. The van der Waals surface area contributed by atoms with Crippen LogP contribution in [0.5, 0.6) is 0 Å². The molecule has 0 aromatic carbocycles. The zero-order valence-electron chi connectivity index (χ0n) is 9.72. The summed E-state index contributed by atoms with van der Waals surface area (Å²) in [7, 11) is 0. The van der Waals surface area contributed by atoms with Crippen LogP contribution >= 0.6 is 0 Å². The molecule has 1 fully saturated rings. The van der Waals surface area contributed by atoms with Crippen LogP contribution in [0.2, 0.25) is 0 Å². The summed E-state index contributed by atoms with van der Waals surface area (Å²) < 4.78 is 0. The molecule has 1 aliphatic rings. The van der Waals surface area contributed by atoms with Gasteiger partial charge in [0, 0.05) is 24.7 Å². The van der Waals surface area contributed by atoms with Gasteiger partial charge in [0.1, 0.15) is 0 Å². The highest BCUT2D eigenvalue weighted by Crippen LogP contribution is 2.36. The van der Waals surface area contributed by atoms with Crippen LogP contribution in [0.15, 0.2) is 0 Å². The van der Waals surface area contributed by atoms with Gasteiger partial charge in [-0.3, -0.25) is 4.90 Å².